The van der Waals surface area contributed by atoms with Crippen molar-refractivity contribution >= 4 is 11.6 Å². The van der Waals surface area contributed by atoms with Crippen LogP contribution in [0.15, 0.2) is 42.6 Å². The predicted octanol–water partition coefficient (Wildman–Crippen LogP) is 2.97. The lowest BCUT2D eigenvalue weighted by molar-refractivity contribution is 0.447. The zero-order valence-corrected chi connectivity index (χ0v) is 11.3. The molecule has 4 heteroatoms. The van der Waals surface area contributed by atoms with Crippen LogP contribution in [0, 0.1) is 0 Å². The lowest BCUT2D eigenvalue weighted by Gasteiger charge is -2.23. The summed E-state index contributed by atoms with van der Waals surface area (Å²) in [5.41, 5.74) is 6.53. The van der Waals surface area contributed by atoms with Crippen molar-refractivity contribution < 1.29 is 0 Å². The number of aryl methyl sites for hydroxylation is 1. The van der Waals surface area contributed by atoms with Crippen molar-refractivity contribution in [3.8, 4) is 0 Å². The second-order valence-electron chi connectivity index (χ2n) is 4.89. The molecule has 2 unspecified atom stereocenters. The second-order valence-corrected chi connectivity index (χ2v) is 5.33. The van der Waals surface area contributed by atoms with E-state index in [0.29, 0.717) is 5.92 Å². The maximum atomic E-state index is 6.07. The number of nitrogens with two attached hydrogens (primary N) is 1. The lowest BCUT2D eigenvalue weighted by Crippen LogP contribution is -2.32. The second kappa shape index (κ2) is 5.29. The van der Waals surface area contributed by atoms with Crippen LogP contribution in [0.4, 0.5) is 0 Å². The molecule has 0 saturated carbocycles. The minimum atomic E-state index is 0.0508. The Balaban J connectivity index is 1.96. The Labute approximate surface area is 117 Å². The smallest absolute Gasteiger partial charge is 0.0544 e. The Morgan fingerprint density at radius 2 is 2.21 bits per heavy atom. The molecule has 3 nitrogen and oxygen atoms in total. The van der Waals surface area contributed by atoms with Crippen molar-refractivity contribution in [2.24, 2.45) is 5.84 Å². The summed E-state index contributed by atoms with van der Waals surface area (Å²) in [6.07, 6.45) is 3.98. The molecule has 0 saturated heterocycles. The summed E-state index contributed by atoms with van der Waals surface area (Å²) in [6, 6.07) is 12.0. The van der Waals surface area contributed by atoms with Gasteiger partial charge in [-0.25, -0.2) is 0 Å². The van der Waals surface area contributed by atoms with Gasteiger partial charge in [0.25, 0.3) is 0 Å². The van der Waals surface area contributed by atoms with Gasteiger partial charge in [-0.05, 0) is 42.2 Å². The van der Waals surface area contributed by atoms with Gasteiger partial charge >= 0.3 is 0 Å². The third kappa shape index (κ3) is 2.37. The topological polar surface area (TPSA) is 50.9 Å². The Morgan fingerprint density at radius 3 is 3.00 bits per heavy atom. The molecule has 1 aromatic heterocycles. The number of hydrogen-bond acceptors (Lipinski definition) is 3. The van der Waals surface area contributed by atoms with Gasteiger partial charge in [-0.1, -0.05) is 29.8 Å². The van der Waals surface area contributed by atoms with Crippen molar-refractivity contribution in [1.29, 1.82) is 0 Å². The first-order valence-electron chi connectivity index (χ1n) is 6.45. The molecule has 1 aliphatic rings. The van der Waals surface area contributed by atoms with Crippen molar-refractivity contribution in [1.82, 2.24) is 10.4 Å². The first kappa shape index (κ1) is 12.6. The van der Waals surface area contributed by atoms with Crippen LogP contribution in [0.1, 0.15) is 35.2 Å². The molecular weight excluding hydrogens is 258 g/mol. The van der Waals surface area contributed by atoms with Crippen molar-refractivity contribution in [3.05, 3.63) is 64.4 Å². The molecule has 0 fully saturated rings. The van der Waals surface area contributed by atoms with Crippen LogP contribution in [-0.4, -0.2) is 4.98 Å². The molecule has 0 amide bonds. The van der Waals surface area contributed by atoms with Gasteiger partial charge in [-0.3, -0.25) is 16.3 Å². The average Bonchev–Trinajstić information content (AvgIpc) is 2.84. The number of nitrogens with one attached hydrogen (secondary N) is 1. The largest absolute Gasteiger partial charge is 0.271 e. The SMILES string of the molecule is NNC(c1cccc(Cl)c1)C1CCc2cccnc21. The van der Waals surface area contributed by atoms with E-state index in [2.05, 4.69) is 22.5 Å². The van der Waals surface area contributed by atoms with E-state index in [1.54, 1.807) is 0 Å². The van der Waals surface area contributed by atoms with Gasteiger partial charge in [0.15, 0.2) is 0 Å². The molecule has 19 heavy (non-hydrogen) atoms. The first-order chi connectivity index (χ1) is 9.29. The zero-order valence-electron chi connectivity index (χ0n) is 10.5. The van der Waals surface area contributed by atoms with E-state index in [1.165, 1.54) is 5.56 Å². The van der Waals surface area contributed by atoms with Crippen LogP contribution in [0.3, 0.4) is 0 Å². The van der Waals surface area contributed by atoms with Crippen molar-refractivity contribution in [2.75, 3.05) is 0 Å². The van der Waals surface area contributed by atoms with E-state index in [9.17, 15) is 0 Å². The normalized spacial score (nSPS) is 19.2. The highest BCUT2D eigenvalue weighted by atomic mass is 35.5. The van der Waals surface area contributed by atoms with Crippen LogP contribution < -0.4 is 11.3 Å². The summed E-state index contributed by atoms with van der Waals surface area (Å²) in [4.78, 5) is 4.53. The summed E-state index contributed by atoms with van der Waals surface area (Å²) < 4.78 is 0. The third-order valence-electron chi connectivity index (χ3n) is 3.79. The van der Waals surface area contributed by atoms with E-state index in [1.807, 2.05) is 30.5 Å². The molecule has 0 bridgehead atoms. The van der Waals surface area contributed by atoms with Crippen LogP contribution in [-0.2, 0) is 6.42 Å². The van der Waals surface area contributed by atoms with Crippen molar-refractivity contribution in [2.45, 2.75) is 24.8 Å². The zero-order chi connectivity index (χ0) is 13.2. The molecule has 1 aliphatic carbocycles. The number of benzene rings is 1. The number of fused-ring (bicyclic) bond motifs is 1. The van der Waals surface area contributed by atoms with Gasteiger partial charge < -0.3 is 0 Å². The molecular formula is C15H16ClN3. The maximum Gasteiger partial charge on any atom is 0.0544 e. The summed E-state index contributed by atoms with van der Waals surface area (Å²) in [7, 11) is 0. The van der Waals surface area contributed by atoms with Gasteiger partial charge in [0.2, 0.25) is 0 Å². The van der Waals surface area contributed by atoms with Gasteiger partial charge in [0, 0.05) is 22.8 Å². The van der Waals surface area contributed by atoms with E-state index in [0.717, 1.165) is 29.1 Å². The molecule has 3 rings (SSSR count). The van der Waals surface area contributed by atoms with Gasteiger partial charge in [0.1, 0.15) is 0 Å². The summed E-state index contributed by atoms with van der Waals surface area (Å²) in [5.74, 6) is 6.08. The Bertz CT molecular complexity index is 585. The number of hydrazine groups is 1. The third-order valence-corrected chi connectivity index (χ3v) is 4.03. The van der Waals surface area contributed by atoms with Crippen LogP contribution in [0.25, 0.3) is 0 Å². The van der Waals surface area contributed by atoms with E-state index in [-0.39, 0.29) is 6.04 Å². The van der Waals surface area contributed by atoms with Gasteiger partial charge in [-0.15, -0.1) is 0 Å². The first-order valence-corrected chi connectivity index (χ1v) is 6.83. The molecule has 0 spiro atoms. The molecule has 0 aliphatic heterocycles. The van der Waals surface area contributed by atoms with E-state index >= 15 is 0 Å². The quantitative estimate of drug-likeness (QED) is 0.668. The highest BCUT2D eigenvalue weighted by Gasteiger charge is 2.31. The number of halogens is 1. The van der Waals surface area contributed by atoms with Crippen LogP contribution in [0.2, 0.25) is 5.02 Å². The molecule has 2 aromatic rings. The molecule has 1 heterocycles. The summed E-state index contributed by atoms with van der Waals surface area (Å²) in [6.45, 7) is 0. The Morgan fingerprint density at radius 1 is 1.32 bits per heavy atom. The van der Waals surface area contributed by atoms with Crippen molar-refractivity contribution in [3.63, 3.8) is 0 Å². The standard InChI is InChI=1S/C15H16ClN3/c16-12-5-1-3-11(9-12)15(19-17)13-7-6-10-4-2-8-18-14(10)13/h1-5,8-9,13,15,19H,6-7,17H2. The molecule has 3 N–H and O–H groups in total. The van der Waals surface area contributed by atoms with Gasteiger partial charge in [0.05, 0.1) is 6.04 Å². The molecule has 0 radical (unpaired) electrons. The predicted molar refractivity (Wildman–Crippen MR) is 76.8 cm³/mol. The number of pyridine rings is 1. The van der Waals surface area contributed by atoms with E-state index in [4.69, 9.17) is 17.4 Å². The monoisotopic (exact) mass is 273 g/mol. The molecule has 1 aromatic carbocycles. The fraction of sp³-hybridized carbons (Fsp3) is 0.267. The number of aromatic nitrogens is 1. The Hall–Kier alpha value is -1.42. The fourth-order valence-electron chi connectivity index (χ4n) is 2.91. The summed E-state index contributed by atoms with van der Waals surface area (Å²) >= 11 is 6.07. The molecule has 98 valence electrons. The Kier molecular flexibility index (Phi) is 3.51. The maximum absolute atomic E-state index is 6.07. The fourth-order valence-corrected chi connectivity index (χ4v) is 3.11. The average molecular weight is 274 g/mol. The van der Waals surface area contributed by atoms with E-state index < -0.39 is 0 Å². The lowest BCUT2D eigenvalue weighted by atomic mass is 9.91. The van der Waals surface area contributed by atoms with Crippen LogP contribution in [0.5, 0.6) is 0 Å². The number of rotatable bonds is 3. The minimum absolute atomic E-state index is 0.0508. The number of hydrogen-bond donors (Lipinski definition) is 2. The molecule has 2 atom stereocenters. The highest BCUT2D eigenvalue weighted by Crippen LogP contribution is 2.40. The minimum Gasteiger partial charge on any atom is -0.271 e. The summed E-state index contributed by atoms with van der Waals surface area (Å²) in [5, 5.41) is 0.733. The highest BCUT2D eigenvalue weighted by molar-refractivity contribution is 6.30. The van der Waals surface area contributed by atoms with Gasteiger partial charge in [-0.2, -0.15) is 0 Å². The number of nitrogens with zero attached hydrogens (tertiary/aromatic N) is 1. The van der Waals surface area contributed by atoms with Crippen LogP contribution >= 0.6 is 11.6 Å².